The van der Waals surface area contributed by atoms with Gasteiger partial charge < -0.3 is 0 Å². The summed E-state index contributed by atoms with van der Waals surface area (Å²) in [6.45, 7) is 4.61. The third-order valence-electron chi connectivity index (χ3n) is 2.95. The molecule has 1 rings (SSSR count). The van der Waals surface area contributed by atoms with Crippen LogP contribution in [0, 0.1) is 0 Å². The van der Waals surface area contributed by atoms with Gasteiger partial charge in [-0.15, -0.1) is 0 Å². The maximum absolute atomic E-state index is 6.65. The molecule has 1 aliphatic rings. The Labute approximate surface area is 69.1 Å². The van der Waals surface area contributed by atoms with Gasteiger partial charge in [0.15, 0.2) is 0 Å². The summed E-state index contributed by atoms with van der Waals surface area (Å²) in [5.41, 5.74) is 0. The third-order valence-corrected chi connectivity index (χ3v) is 9.57. The van der Waals surface area contributed by atoms with Crippen LogP contribution in [0.15, 0.2) is 0 Å². The Hall–Kier alpha value is 0.720. The van der Waals surface area contributed by atoms with E-state index in [1.807, 2.05) is 0 Å². The van der Waals surface area contributed by atoms with Crippen molar-refractivity contribution in [3.05, 3.63) is 0 Å². The van der Waals surface area contributed by atoms with E-state index in [1.54, 1.807) is 0 Å². The van der Waals surface area contributed by atoms with Crippen molar-refractivity contribution in [3.8, 4) is 0 Å². The molecule has 0 atom stereocenters. The predicted octanol–water partition coefficient (Wildman–Crippen LogP) is 3.53. The molecule has 0 spiro atoms. The van der Waals surface area contributed by atoms with Gasteiger partial charge in [0.25, 0.3) is 0 Å². The topological polar surface area (TPSA) is 0 Å². The standard InChI is InChI=1S/C8H18ClP/c1-3-10(2,9)7-5-4-6-8-10/h3-8H2,1-2H3. The minimum atomic E-state index is -1.60. The van der Waals surface area contributed by atoms with Gasteiger partial charge in [0.05, 0.1) is 0 Å². The van der Waals surface area contributed by atoms with Crippen LogP contribution in [0.5, 0.6) is 0 Å². The Morgan fingerprint density at radius 1 is 1.20 bits per heavy atom. The van der Waals surface area contributed by atoms with Crippen molar-refractivity contribution in [1.29, 1.82) is 0 Å². The number of rotatable bonds is 1. The molecule has 0 aromatic heterocycles. The summed E-state index contributed by atoms with van der Waals surface area (Å²) in [5, 5.41) is 0. The number of hydrogen-bond donors (Lipinski definition) is 0. The van der Waals surface area contributed by atoms with E-state index in [-0.39, 0.29) is 0 Å². The average Bonchev–Trinajstić information content (AvgIpc) is 1.89. The van der Waals surface area contributed by atoms with E-state index in [1.165, 1.54) is 37.7 Å². The minimum absolute atomic E-state index is 1.24. The number of halogens is 1. The van der Waals surface area contributed by atoms with Gasteiger partial charge in [-0.05, 0) is 0 Å². The number of hydrogen-bond acceptors (Lipinski definition) is 0. The van der Waals surface area contributed by atoms with E-state index in [4.69, 9.17) is 11.2 Å². The maximum atomic E-state index is 6.65. The molecule has 10 heavy (non-hydrogen) atoms. The quantitative estimate of drug-likeness (QED) is 0.542. The molecule has 62 valence electrons. The fraction of sp³-hybridized carbons (Fsp3) is 1.00. The summed E-state index contributed by atoms with van der Waals surface area (Å²) in [4.78, 5) is 0. The molecular formula is C8H18ClP. The van der Waals surface area contributed by atoms with Gasteiger partial charge in [0.2, 0.25) is 0 Å². The monoisotopic (exact) mass is 180 g/mol. The van der Waals surface area contributed by atoms with Crippen molar-refractivity contribution in [2.75, 3.05) is 25.2 Å². The van der Waals surface area contributed by atoms with Crippen molar-refractivity contribution in [2.45, 2.75) is 26.2 Å². The van der Waals surface area contributed by atoms with Crippen LogP contribution in [0.2, 0.25) is 0 Å². The van der Waals surface area contributed by atoms with Crippen LogP contribution < -0.4 is 0 Å². The molecule has 1 aliphatic heterocycles. The van der Waals surface area contributed by atoms with Gasteiger partial charge in [-0.3, -0.25) is 0 Å². The summed E-state index contributed by atoms with van der Waals surface area (Å²) in [6.07, 6.45) is 8.09. The van der Waals surface area contributed by atoms with Gasteiger partial charge in [-0.1, -0.05) is 0 Å². The molecule has 0 aliphatic carbocycles. The molecule has 0 radical (unpaired) electrons. The average molecular weight is 181 g/mol. The second-order valence-electron chi connectivity index (χ2n) is 3.97. The second-order valence-corrected chi connectivity index (χ2v) is 13.0. The first kappa shape index (κ1) is 8.81. The first-order chi connectivity index (χ1) is 4.55. The Morgan fingerprint density at radius 2 is 1.70 bits per heavy atom. The van der Waals surface area contributed by atoms with E-state index < -0.39 is 5.96 Å². The van der Waals surface area contributed by atoms with Crippen LogP contribution in [0.4, 0.5) is 0 Å². The molecule has 0 saturated carbocycles. The first-order valence-electron chi connectivity index (χ1n) is 4.27. The Kier molecular flexibility index (Phi) is 2.33. The van der Waals surface area contributed by atoms with Crippen LogP contribution in [0.3, 0.4) is 0 Å². The molecule has 0 aromatic carbocycles. The normalized spacial score (nSPS) is 34.1. The van der Waals surface area contributed by atoms with Crippen LogP contribution in [0.1, 0.15) is 26.2 Å². The van der Waals surface area contributed by atoms with E-state index in [2.05, 4.69) is 13.6 Å². The Morgan fingerprint density at radius 3 is 2.00 bits per heavy atom. The second kappa shape index (κ2) is 2.64. The van der Waals surface area contributed by atoms with E-state index in [0.29, 0.717) is 0 Å². The summed E-state index contributed by atoms with van der Waals surface area (Å²) >= 11 is 6.65. The Balaban J connectivity index is 2.63. The van der Waals surface area contributed by atoms with E-state index in [0.717, 1.165) is 0 Å². The van der Waals surface area contributed by atoms with Crippen molar-refractivity contribution >= 4 is 17.2 Å². The molecular weight excluding hydrogens is 163 g/mol. The molecule has 0 N–H and O–H groups in total. The molecule has 0 aromatic rings. The SMILES string of the molecule is CCP1(C)(Cl)CCCCC1. The fourth-order valence-electron chi connectivity index (χ4n) is 1.71. The zero-order chi connectivity index (χ0) is 7.69. The fourth-order valence-corrected chi connectivity index (χ4v) is 5.50. The van der Waals surface area contributed by atoms with Crippen LogP contribution in [-0.2, 0) is 0 Å². The van der Waals surface area contributed by atoms with Crippen LogP contribution in [0.25, 0.3) is 0 Å². The molecule has 0 nitrogen and oxygen atoms in total. The molecule has 2 heteroatoms. The molecule has 1 fully saturated rings. The van der Waals surface area contributed by atoms with Crippen molar-refractivity contribution in [3.63, 3.8) is 0 Å². The summed E-state index contributed by atoms with van der Waals surface area (Å²) in [5.74, 6) is -1.60. The van der Waals surface area contributed by atoms with Crippen LogP contribution in [-0.4, -0.2) is 25.2 Å². The van der Waals surface area contributed by atoms with E-state index in [9.17, 15) is 0 Å². The summed E-state index contributed by atoms with van der Waals surface area (Å²) < 4.78 is 0. The molecule has 0 unspecified atom stereocenters. The zero-order valence-corrected chi connectivity index (χ0v) is 8.72. The van der Waals surface area contributed by atoms with Gasteiger partial charge in [-0.2, -0.15) is 0 Å². The van der Waals surface area contributed by atoms with Gasteiger partial charge in [0, 0.05) is 0 Å². The van der Waals surface area contributed by atoms with Crippen LogP contribution >= 0.6 is 17.2 Å². The van der Waals surface area contributed by atoms with E-state index >= 15 is 0 Å². The first-order valence-corrected chi connectivity index (χ1v) is 8.42. The summed E-state index contributed by atoms with van der Waals surface area (Å²) in [6, 6.07) is 0. The van der Waals surface area contributed by atoms with Crippen molar-refractivity contribution in [1.82, 2.24) is 0 Å². The molecule has 1 heterocycles. The third kappa shape index (κ3) is 1.86. The predicted molar refractivity (Wildman–Crippen MR) is 52.8 cm³/mol. The Bertz CT molecular complexity index is 121. The molecule has 0 bridgehead atoms. The summed E-state index contributed by atoms with van der Waals surface area (Å²) in [7, 11) is 0. The van der Waals surface area contributed by atoms with Crippen molar-refractivity contribution in [2.24, 2.45) is 0 Å². The van der Waals surface area contributed by atoms with Gasteiger partial charge in [0.1, 0.15) is 0 Å². The van der Waals surface area contributed by atoms with Gasteiger partial charge >= 0.3 is 68.5 Å². The van der Waals surface area contributed by atoms with Gasteiger partial charge in [-0.25, -0.2) is 0 Å². The zero-order valence-electron chi connectivity index (χ0n) is 7.07. The molecule has 1 saturated heterocycles. The molecule has 0 amide bonds. The van der Waals surface area contributed by atoms with Crippen molar-refractivity contribution < 1.29 is 0 Å².